The molecule has 12 heteroatoms. The molecule has 0 radical (unpaired) electrons. The van der Waals surface area contributed by atoms with Crippen LogP contribution in [0.2, 0.25) is 0 Å². The molecular formula is C23H23F2N9O. The summed E-state index contributed by atoms with van der Waals surface area (Å²) in [5.41, 5.74) is 1.88. The Balaban J connectivity index is 1.50. The van der Waals surface area contributed by atoms with Gasteiger partial charge in [-0.1, -0.05) is 5.21 Å². The van der Waals surface area contributed by atoms with E-state index in [-0.39, 0.29) is 12.8 Å². The molecule has 0 spiro atoms. The van der Waals surface area contributed by atoms with Crippen LogP contribution in [-0.2, 0) is 6.42 Å². The molecule has 1 fully saturated rings. The Labute approximate surface area is 199 Å². The minimum atomic E-state index is -2.67. The molecule has 35 heavy (non-hydrogen) atoms. The van der Waals surface area contributed by atoms with Crippen LogP contribution in [0.4, 0.5) is 14.5 Å². The van der Waals surface area contributed by atoms with Crippen molar-refractivity contribution in [2.75, 3.05) is 5.32 Å². The van der Waals surface area contributed by atoms with Gasteiger partial charge in [-0.25, -0.2) is 23.4 Å². The van der Waals surface area contributed by atoms with Crippen LogP contribution in [0, 0.1) is 11.3 Å². The third-order valence-electron chi connectivity index (χ3n) is 5.85. The van der Waals surface area contributed by atoms with Gasteiger partial charge in [0.1, 0.15) is 11.8 Å². The van der Waals surface area contributed by atoms with Crippen LogP contribution in [0.25, 0.3) is 22.5 Å². The lowest BCUT2D eigenvalue weighted by molar-refractivity contribution is -0.0793. The van der Waals surface area contributed by atoms with Crippen LogP contribution in [-0.4, -0.2) is 57.4 Å². The van der Waals surface area contributed by atoms with Crippen molar-refractivity contribution in [3.05, 3.63) is 48.2 Å². The van der Waals surface area contributed by atoms with E-state index in [1.165, 1.54) is 15.6 Å². The zero-order valence-electron chi connectivity index (χ0n) is 19.2. The quantitative estimate of drug-likeness (QED) is 0.413. The van der Waals surface area contributed by atoms with E-state index in [1.807, 2.05) is 6.07 Å². The highest BCUT2D eigenvalue weighted by Gasteiger charge is 2.45. The van der Waals surface area contributed by atoms with Crippen molar-refractivity contribution in [3.8, 4) is 17.6 Å². The molecule has 0 amide bonds. The molecule has 4 aromatic heterocycles. The number of nitrogens with one attached hydrogen (secondary N) is 1. The number of aryl methyl sites for hydroxylation is 1. The van der Waals surface area contributed by atoms with E-state index in [1.54, 1.807) is 44.6 Å². The van der Waals surface area contributed by atoms with Gasteiger partial charge < -0.3 is 10.4 Å². The van der Waals surface area contributed by atoms with E-state index in [2.05, 4.69) is 30.7 Å². The molecule has 1 aliphatic carbocycles. The number of rotatable bonds is 7. The second-order valence-corrected chi connectivity index (χ2v) is 9.44. The van der Waals surface area contributed by atoms with E-state index < -0.39 is 17.6 Å². The lowest BCUT2D eigenvalue weighted by Gasteiger charge is -2.36. The maximum atomic E-state index is 13.5. The van der Waals surface area contributed by atoms with Gasteiger partial charge in [-0.3, -0.25) is 0 Å². The largest absolute Gasteiger partial charge is 0.390 e. The number of pyridine rings is 2. The summed E-state index contributed by atoms with van der Waals surface area (Å²) in [6.07, 6.45) is 6.86. The zero-order chi connectivity index (χ0) is 24.8. The van der Waals surface area contributed by atoms with Crippen molar-refractivity contribution in [2.24, 2.45) is 0 Å². The molecule has 0 aliphatic heterocycles. The summed E-state index contributed by atoms with van der Waals surface area (Å²) in [5.74, 6) is -2.25. The molecule has 2 N–H and O–H groups in total. The smallest absolute Gasteiger partial charge is 0.252 e. The summed E-state index contributed by atoms with van der Waals surface area (Å²) in [4.78, 5) is 8.82. The third kappa shape index (κ3) is 4.81. The van der Waals surface area contributed by atoms with Gasteiger partial charge in [-0.05, 0) is 32.8 Å². The third-order valence-corrected chi connectivity index (χ3v) is 5.85. The van der Waals surface area contributed by atoms with Gasteiger partial charge in [-0.15, -0.1) is 5.10 Å². The predicted octanol–water partition coefficient (Wildman–Crippen LogP) is 3.18. The number of alkyl halides is 2. The molecule has 0 saturated heterocycles. The van der Waals surface area contributed by atoms with Gasteiger partial charge in [0.15, 0.2) is 11.5 Å². The Morgan fingerprint density at radius 2 is 2.03 bits per heavy atom. The Bertz CT molecular complexity index is 1420. The molecule has 4 aromatic rings. The number of anilines is 1. The van der Waals surface area contributed by atoms with Crippen LogP contribution in [0.15, 0.2) is 36.9 Å². The SMILES string of the molecule is CC(C)(O)CCc1cn(-c2cnc(-n3ncc4cc(C#N)cnc43)cc2NC2CC(F)(F)C2)nn1. The van der Waals surface area contributed by atoms with Crippen molar-refractivity contribution in [1.29, 1.82) is 5.26 Å². The van der Waals surface area contributed by atoms with Gasteiger partial charge in [0.2, 0.25) is 0 Å². The monoisotopic (exact) mass is 479 g/mol. The Morgan fingerprint density at radius 1 is 1.23 bits per heavy atom. The van der Waals surface area contributed by atoms with Gasteiger partial charge in [-0.2, -0.15) is 15.0 Å². The maximum Gasteiger partial charge on any atom is 0.252 e. The number of hydrogen-bond donors (Lipinski definition) is 2. The number of fused-ring (bicyclic) bond motifs is 1. The molecule has 5 rings (SSSR count). The summed E-state index contributed by atoms with van der Waals surface area (Å²) in [7, 11) is 0. The normalized spacial score (nSPS) is 15.7. The van der Waals surface area contributed by atoms with E-state index >= 15 is 0 Å². The first-order valence-corrected chi connectivity index (χ1v) is 11.1. The Morgan fingerprint density at radius 3 is 2.74 bits per heavy atom. The van der Waals surface area contributed by atoms with E-state index in [4.69, 9.17) is 5.26 Å². The lowest BCUT2D eigenvalue weighted by Crippen LogP contribution is -2.44. The number of aliphatic hydroxyl groups is 1. The van der Waals surface area contributed by atoms with Gasteiger partial charge >= 0.3 is 0 Å². The molecule has 0 bridgehead atoms. The van der Waals surface area contributed by atoms with Crippen LogP contribution < -0.4 is 5.32 Å². The number of hydrogen-bond acceptors (Lipinski definition) is 8. The minimum Gasteiger partial charge on any atom is -0.390 e. The van der Waals surface area contributed by atoms with Crippen molar-refractivity contribution >= 4 is 16.7 Å². The summed E-state index contributed by atoms with van der Waals surface area (Å²) >= 11 is 0. The van der Waals surface area contributed by atoms with E-state index in [9.17, 15) is 13.9 Å². The first-order valence-electron chi connectivity index (χ1n) is 11.1. The zero-order valence-corrected chi connectivity index (χ0v) is 19.2. The number of aromatic nitrogens is 7. The van der Waals surface area contributed by atoms with Crippen LogP contribution in [0.1, 0.15) is 44.4 Å². The van der Waals surface area contributed by atoms with Crippen molar-refractivity contribution in [2.45, 2.75) is 57.1 Å². The molecule has 1 saturated carbocycles. The topological polar surface area (TPSA) is 130 Å². The highest BCUT2D eigenvalue weighted by molar-refractivity contribution is 5.77. The minimum absolute atomic E-state index is 0.262. The highest BCUT2D eigenvalue weighted by Crippen LogP contribution is 2.40. The average molecular weight is 479 g/mol. The molecule has 180 valence electrons. The maximum absolute atomic E-state index is 13.5. The first-order chi connectivity index (χ1) is 16.6. The van der Waals surface area contributed by atoms with E-state index in [0.717, 1.165) is 0 Å². The number of nitriles is 1. The molecular weight excluding hydrogens is 456 g/mol. The molecule has 4 heterocycles. The number of halogens is 2. The first kappa shape index (κ1) is 22.8. The fraction of sp³-hybridized carbons (Fsp3) is 0.391. The second kappa shape index (κ2) is 8.35. The fourth-order valence-electron chi connectivity index (χ4n) is 3.95. The van der Waals surface area contributed by atoms with Crippen molar-refractivity contribution < 1.29 is 13.9 Å². The fourth-order valence-corrected chi connectivity index (χ4v) is 3.95. The number of nitrogens with zero attached hydrogens (tertiary/aromatic N) is 8. The van der Waals surface area contributed by atoms with Crippen LogP contribution in [0.5, 0.6) is 0 Å². The summed E-state index contributed by atoms with van der Waals surface area (Å²) < 4.78 is 30.0. The molecule has 0 atom stereocenters. The standard InChI is InChI=1S/C23H23F2N9O/c1-22(2,35)4-3-16-13-33(32-31-16)19-12-27-20(6-18(19)30-17-7-23(24,25)8-17)34-21-15(11-29-34)5-14(9-26)10-28-21/h5-6,10-13,17,35H,3-4,7-8H2,1-2H3,(H,27,30). The van der Waals surface area contributed by atoms with Crippen molar-refractivity contribution in [3.63, 3.8) is 0 Å². The molecule has 0 aromatic carbocycles. The second-order valence-electron chi connectivity index (χ2n) is 9.44. The molecule has 1 aliphatic rings. The Kier molecular flexibility index (Phi) is 5.44. The van der Waals surface area contributed by atoms with E-state index in [0.29, 0.717) is 52.3 Å². The van der Waals surface area contributed by atoms with Gasteiger partial charge in [0, 0.05) is 36.5 Å². The highest BCUT2D eigenvalue weighted by atomic mass is 19.3. The van der Waals surface area contributed by atoms with Crippen LogP contribution >= 0.6 is 0 Å². The summed E-state index contributed by atoms with van der Waals surface area (Å²) in [6, 6.07) is 5.03. The lowest BCUT2D eigenvalue weighted by atomic mass is 9.88. The van der Waals surface area contributed by atoms with Gasteiger partial charge in [0.25, 0.3) is 5.92 Å². The van der Waals surface area contributed by atoms with Crippen LogP contribution in [0.3, 0.4) is 0 Å². The van der Waals surface area contributed by atoms with Gasteiger partial charge in [0.05, 0.1) is 41.1 Å². The summed E-state index contributed by atoms with van der Waals surface area (Å²) in [6.45, 7) is 3.46. The average Bonchev–Trinajstić information content (AvgIpc) is 3.42. The van der Waals surface area contributed by atoms with Crippen molar-refractivity contribution in [1.82, 2.24) is 34.7 Å². The molecule has 10 nitrogen and oxygen atoms in total. The predicted molar refractivity (Wildman–Crippen MR) is 123 cm³/mol. The Hall–Kier alpha value is -3.98. The summed E-state index contributed by atoms with van der Waals surface area (Å²) in [5, 5.41) is 35.6. The molecule has 0 unspecified atom stereocenters.